The molecule has 1 unspecified atom stereocenters. The van der Waals surface area contributed by atoms with E-state index in [0.717, 1.165) is 5.69 Å². The summed E-state index contributed by atoms with van der Waals surface area (Å²) in [5.41, 5.74) is 1.57. The summed E-state index contributed by atoms with van der Waals surface area (Å²) in [6.45, 7) is 6.51. The average molecular weight is 350 g/mol. The van der Waals surface area contributed by atoms with Gasteiger partial charge in [-0.1, -0.05) is 19.0 Å². The standard InChI is InChI=1S/C16H22N4O3S/c1-11(2)15-18-16(23-19-15)12(3)17-13-5-7-14(8-6-13)20-9-4-10-24(20,21)22/h5-8,11-12,17H,4,9-10H2,1-3H3. The van der Waals surface area contributed by atoms with Gasteiger partial charge in [-0.3, -0.25) is 4.31 Å². The zero-order valence-corrected chi connectivity index (χ0v) is 14.9. The largest absolute Gasteiger partial charge is 0.374 e. The Hall–Kier alpha value is -2.09. The number of nitrogens with one attached hydrogen (secondary N) is 1. The van der Waals surface area contributed by atoms with E-state index in [0.29, 0.717) is 30.4 Å². The molecule has 1 N–H and O–H groups in total. The third-order valence-corrected chi connectivity index (χ3v) is 5.85. The van der Waals surface area contributed by atoms with Gasteiger partial charge in [0.05, 0.1) is 11.4 Å². The van der Waals surface area contributed by atoms with Crippen molar-refractivity contribution in [2.75, 3.05) is 21.9 Å². The normalized spacial score (nSPS) is 18.1. The summed E-state index contributed by atoms with van der Waals surface area (Å²) in [6, 6.07) is 7.21. The van der Waals surface area contributed by atoms with Gasteiger partial charge in [0, 0.05) is 18.2 Å². The Labute approximate surface area is 142 Å². The van der Waals surface area contributed by atoms with Crippen LogP contribution < -0.4 is 9.62 Å². The molecule has 2 heterocycles. The van der Waals surface area contributed by atoms with Crippen LogP contribution in [-0.4, -0.2) is 30.9 Å². The minimum atomic E-state index is -3.14. The van der Waals surface area contributed by atoms with E-state index in [1.54, 1.807) is 0 Å². The number of nitrogens with zero attached hydrogens (tertiary/aromatic N) is 3. The van der Waals surface area contributed by atoms with Gasteiger partial charge in [0.15, 0.2) is 5.82 Å². The Kier molecular flexibility index (Phi) is 4.49. The number of sulfonamides is 1. The molecular formula is C16H22N4O3S. The average Bonchev–Trinajstić information content (AvgIpc) is 3.14. The molecule has 1 aliphatic rings. The van der Waals surface area contributed by atoms with Crippen molar-refractivity contribution >= 4 is 21.4 Å². The lowest BCUT2D eigenvalue weighted by Crippen LogP contribution is -2.24. The molecule has 0 radical (unpaired) electrons. The Morgan fingerprint density at radius 2 is 1.92 bits per heavy atom. The highest BCUT2D eigenvalue weighted by molar-refractivity contribution is 7.93. The zero-order chi connectivity index (χ0) is 17.3. The smallest absolute Gasteiger partial charge is 0.248 e. The summed E-state index contributed by atoms with van der Waals surface area (Å²) >= 11 is 0. The van der Waals surface area contributed by atoms with Crippen molar-refractivity contribution < 1.29 is 12.9 Å². The first-order valence-electron chi connectivity index (χ1n) is 8.07. The van der Waals surface area contributed by atoms with E-state index in [1.165, 1.54) is 4.31 Å². The molecule has 1 aromatic heterocycles. The molecule has 3 rings (SSSR count). The van der Waals surface area contributed by atoms with Crippen LogP contribution in [0.3, 0.4) is 0 Å². The highest BCUT2D eigenvalue weighted by Crippen LogP contribution is 2.26. The van der Waals surface area contributed by atoms with Gasteiger partial charge in [-0.05, 0) is 37.6 Å². The molecule has 8 heteroatoms. The van der Waals surface area contributed by atoms with Crippen LogP contribution in [0.5, 0.6) is 0 Å². The minimum absolute atomic E-state index is 0.133. The fourth-order valence-electron chi connectivity index (χ4n) is 2.62. The quantitative estimate of drug-likeness (QED) is 0.892. The lowest BCUT2D eigenvalue weighted by atomic mass is 10.2. The van der Waals surface area contributed by atoms with Gasteiger partial charge in [-0.25, -0.2) is 8.42 Å². The van der Waals surface area contributed by atoms with Crippen molar-refractivity contribution in [3.63, 3.8) is 0 Å². The number of aromatic nitrogens is 2. The molecule has 1 fully saturated rings. The molecule has 7 nitrogen and oxygen atoms in total. The van der Waals surface area contributed by atoms with Gasteiger partial charge in [0.25, 0.3) is 0 Å². The maximum Gasteiger partial charge on any atom is 0.248 e. The van der Waals surface area contributed by atoms with Gasteiger partial charge >= 0.3 is 0 Å². The predicted molar refractivity (Wildman–Crippen MR) is 92.6 cm³/mol. The molecule has 24 heavy (non-hydrogen) atoms. The van der Waals surface area contributed by atoms with E-state index in [1.807, 2.05) is 45.0 Å². The number of rotatable bonds is 5. The highest BCUT2D eigenvalue weighted by atomic mass is 32.2. The molecule has 1 aromatic carbocycles. The molecule has 130 valence electrons. The van der Waals surface area contributed by atoms with Crippen molar-refractivity contribution in [1.29, 1.82) is 0 Å². The summed E-state index contributed by atoms with van der Waals surface area (Å²) in [4.78, 5) is 4.38. The van der Waals surface area contributed by atoms with Crippen LogP contribution in [0.2, 0.25) is 0 Å². The van der Waals surface area contributed by atoms with Crippen molar-refractivity contribution in [3.8, 4) is 0 Å². The van der Waals surface area contributed by atoms with Crippen LogP contribution >= 0.6 is 0 Å². The van der Waals surface area contributed by atoms with Crippen LogP contribution in [0.25, 0.3) is 0 Å². The van der Waals surface area contributed by atoms with Crippen LogP contribution in [0.1, 0.15) is 50.9 Å². The number of hydrogen-bond acceptors (Lipinski definition) is 6. The Morgan fingerprint density at radius 1 is 1.21 bits per heavy atom. The predicted octanol–water partition coefficient (Wildman–Crippen LogP) is 2.91. The fraction of sp³-hybridized carbons (Fsp3) is 0.500. The van der Waals surface area contributed by atoms with E-state index in [2.05, 4.69) is 15.5 Å². The summed E-state index contributed by atoms with van der Waals surface area (Å²) < 4.78 is 30.6. The first kappa shape index (κ1) is 16.8. The third kappa shape index (κ3) is 3.38. The lowest BCUT2D eigenvalue weighted by molar-refractivity contribution is 0.361. The van der Waals surface area contributed by atoms with Crippen LogP contribution in [0.4, 0.5) is 11.4 Å². The van der Waals surface area contributed by atoms with Gasteiger partial charge in [-0.2, -0.15) is 4.98 Å². The first-order chi connectivity index (χ1) is 11.4. The highest BCUT2D eigenvalue weighted by Gasteiger charge is 2.28. The van der Waals surface area contributed by atoms with Crippen LogP contribution in [0, 0.1) is 0 Å². The molecule has 0 bridgehead atoms. The molecule has 1 atom stereocenters. The van der Waals surface area contributed by atoms with Crippen LogP contribution in [-0.2, 0) is 10.0 Å². The van der Waals surface area contributed by atoms with Crippen molar-refractivity contribution in [1.82, 2.24) is 10.1 Å². The lowest BCUT2D eigenvalue weighted by Gasteiger charge is -2.18. The third-order valence-electron chi connectivity index (χ3n) is 3.98. The first-order valence-corrected chi connectivity index (χ1v) is 9.68. The summed E-state index contributed by atoms with van der Waals surface area (Å²) in [6.07, 6.45) is 0.675. The summed E-state index contributed by atoms with van der Waals surface area (Å²) in [7, 11) is -3.14. The van der Waals surface area contributed by atoms with Gasteiger partial charge in [0.2, 0.25) is 15.9 Å². The van der Waals surface area contributed by atoms with E-state index in [4.69, 9.17) is 4.52 Å². The monoisotopic (exact) mass is 350 g/mol. The zero-order valence-electron chi connectivity index (χ0n) is 14.1. The van der Waals surface area contributed by atoms with E-state index < -0.39 is 10.0 Å². The molecule has 0 aliphatic carbocycles. The Bertz CT molecular complexity index is 799. The molecule has 0 amide bonds. The number of anilines is 2. The SMILES string of the molecule is CC(C)c1noc(C(C)Nc2ccc(N3CCCS3(=O)=O)cc2)n1. The second-order valence-electron chi connectivity index (χ2n) is 6.30. The second-order valence-corrected chi connectivity index (χ2v) is 8.31. The van der Waals surface area contributed by atoms with E-state index in [9.17, 15) is 8.42 Å². The van der Waals surface area contributed by atoms with Gasteiger partial charge in [-0.15, -0.1) is 0 Å². The van der Waals surface area contributed by atoms with Crippen molar-refractivity contribution in [2.24, 2.45) is 0 Å². The van der Waals surface area contributed by atoms with Crippen LogP contribution in [0.15, 0.2) is 28.8 Å². The van der Waals surface area contributed by atoms with Crippen molar-refractivity contribution in [2.45, 2.75) is 39.2 Å². The Morgan fingerprint density at radius 3 is 2.46 bits per heavy atom. The maximum atomic E-state index is 11.9. The number of benzene rings is 1. The second kappa shape index (κ2) is 6.43. The van der Waals surface area contributed by atoms with Gasteiger partial charge in [0.1, 0.15) is 6.04 Å². The molecule has 0 saturated carbocycles. The molecule has 1 saturated heterocycles. The molecular weight excluding hydrogens is 328 g/mol. The topological polar surface area (TPSA) is 88.3 Å². The maximum absolute atomic E-state index is 11.9. The molecule has 0 spiro atoms. The van der Waals surface area contributed by atoms with Gasteiger partial charge < -0.3 is 9.84 Å². The van der Waals surface area contributed by atoms with Crippen molar-refractivity contribution in [3.05, 3.63) is 36.0 Å². The summed E-state index contributed by atoms with van der Waals surface area (Å²) in [5, 5.41) is 7.25. The Balaban J connectivity index is 1.69. The molecule has 1 aliphatic heterocycles. The molecule has 2 aromatic rings. The fourth-order valence-corrected chi connectivity index (χ4v) is 4.19. The van der Waals surface area contributed by atoms with E-state index >= 15 is 0 Å². The summed E-state index contributed by atoms with van der Waals surface area (Å²) in [5.74, 6) is 1.66. The number of hydrogen-bond donors (Lipinski definition) is 1. The van der Waals surface area contributed by atoms with E-state index in [-0.39, 0.29) is 17.7 Å². The minimum Gasteiger partial charge on any atom is -0.374 e.